The van der Waals surface area contributed by atoms with Crippen LogP contribution in [-0.4, -0.2) is 13.4 Å². The molecule has 1 N–H and O–H groups in total. The number of benzene rings is 2. The first kappa shape index (κ1) is 17.6. The van der Waals surface area contributed by atoms with E-state index >= 15 is 0 Å². The summed E-state index contributed by atoms with van der Waals surface area (Å²) >= 11 is 0. The van der Waals surface area contributed by atoms with Crippen LogP contribution >= 0.6 is 0 Å². The van der Waals surface area contributed by atoms with E-state index in [4.69, 9.17) is 0 Å². The van der Waals surface area contributed by atoms with Crippen molar-refractivity contribution in [3.05, 3.63) is 70.4 Å². The monoisotopic (exact) mass is 354 g/mol. The van der Waals surface area contributed by atoms with Crippen LogP contribution in [0.3, 0.4) is 0 Å². The molecule has 3 rings (SSSR count). The minimum Gasteiger partial charge on any atom is -0.256 e. The maximum Gasteiger partial charge on any atom is 0.241 e. The van der Waals surface area contributed by atoms with E-state index in [1.54, 1.807) is 6.20 Å². The van der Waals surface area contributed by atoms with Crippen molar-refractivity contribution in [2.75, 3.05) is 0 Å². The molecule has 5 heteroatoms. The van der Waals surface area contributed by atoms with Gasteiger partial charge in [-0.05, 0) is 61.6 Å². The van der Waals surface area contributed by atoms with Gasteiger partial charge in [-0.2, -0.15) is 0 Å². The van der Waals surface area contributed by atoms with Crippen molar-refractivity contribution in [3.8, 4) is 0 Å². The number of fused-ring (bicyclic) bond motifs is 1. The summed E-state index contributed by atoms with van der Waals surface area (Å²) in [5, 5.41) is 0.998. The third-order valence-electron chi connectivity index (χ3n) is 4.73. The Balaban J connectivity index is 1.98. The lowest BCUT2D eigenvalue weighted by Gasteiger charge is -2.16. The topological polar surface area (TPSA) is 59.1 Å². The van der Waals surface area contributed by atoms with Crippen LogP contribution in [0.5, 0.6) is 0 Å². The van der Waals surface area contributed by atoms with Crippen LogP contribution < -0.4 is 4.72 Å². The Hall–Kier alpha value is -2.24. The summed E-state index contributed by atoms with van der Waals surface area (Å²) in [5.74, 6) is 0. The third kappa shape index (κ3) is 3.30. The fourth-order valence-electron chi connectivity index (χ4n) is 3.14. The molecule has 0 aliphatic heterocycles. The molecule has 0 bridgehead atoms. The van der Waals surface area contributed by atoms with Gasteiger partial charge in [0.15, 0.2) is 0 Å². The highest BCUT2D eigenvalue weighted by Crippen LogP contribution is 2.26. The molecular formula is C20H22N2O2S. The Morgan fingerprint density at radius 3 is 2.28 bits per heavy atom. The summed E-state index contributed by atoms with van der Waals surface area (Å²) in [6.45, 7) is 7.80. The predicted molar refractivity (Wildman–Crippen MR) is 101 cm³/mol. The minimum atomic E-state index is -3.61. The van der Waals surface area contributed by atoms with Gasteiger partial charge in [0, 0.05) is 18.1 Å². The van der Waals surface area contributed by atoms with Gasteiger partial charge in [0.05, 0.1) is 10.4 Å². The quantitative estimate of drug-likeness (QED) is 0.772. The van der Waals surface area contributed by atoms with Crippen LogP contribution in [0, 0.1) is 27.7 Å². The van der Waals surface area contributed by atoms with Gasteiger partial charge in [0.25, 0.3) is 0 Å². The third-order valence-corrected chi connectivity index (χ3v) is 6.41. The Kier molecular flexibility index (Phi) is 4.62. The number of hydrogen-bond acceptors (Lipinski definition) is 3. The Labute approximate surface area is 149 Å². The van der Waals surface area contributed by atoms with Gasteiger partial charge in [0.1, 0.15) is 0 Å². The van der Waals surface area contributed by atoms with Crippen LogP contribution in [0.25, 0.3) is 10.9 Å². The molecule has 1 heterocycles. The van der Waals surface area contributed by atoms with Gasteiger partial charge in [-0.15, -0.1) is 0 Å². The Morgan fingerprint density at radius 1 is 0.960 bits per heavy atom. The number of sulfonamides is 1. The zero-order valence-electron chi connectivity index (χ0n) is 14.9. The molecule has 0 spiro atoms. The molecule has 1 aromatic heterocycles. The second kappa shape index (κ2) is 6.58. The highest BCUT2D eigenvalue weighted by atomic mass is 32.2. The minimum absolute atomic E-state index is 0.211. The molecule has 0 saturated carbocycles. The molecule has 4 nitrogen and oxygen atoms in total. The predicted octanol–water partition coefficient (Wildman–Crippen LogP) is 3.95. The van der Waals surface area contributed by atoms with E-state index in [0.717, 1.165) is 38.7 Å². The normalized spacial score (nSPS) is 11.8. The van der Waals surface area contributed by atoms with E-state index in [9.17, 15) is 8.42 Å². The van der Waals surface area contributed by atoms with Gasteiger partial charge in [0.2, 0.25) is 10.0 Å². The Bertz CT molecular complexity index is 1030. The van der Waals surface area contributed by atoms with Gasteiger partial charge >= 0.3 is 0 Å². The molecule has 0 aliphatic rings. The number of nitrogens with zero attached hydrogens (tertiary/aromatic N) is 1. The summed E-state index contributed by atoms with van der Waals surface area (Å²) in [4.78, 5) is 4.77. The van der Waals surface area contributed by atoms with Crippen LogP contribution in [0.15, 0.2) is 47.5 Å². The van der Waals surface area contributed by atoms with E-state index in [2.05, 4.69) is 9.71 Å². The fraction of sp³-hybridized carbons (Fsp3) is 0.250. The van der Waals surface area contributed by atoms with Crippen molar-refractivity contribution < 1.29 is 8.42 Å². The number of rotatable bonds is 4. The van der Waals surface area contributed by atoms with Crippen molar-refractivity contribution in [2.45, 2.75) is 39.1 Å². The van der Waals surface area contributed by atoms with Crippen molar-refractivity contribution in [1.82, 2.24) is 9.71 Å². The summed E-state index contributed by atoms with van der Waals surface area (Å²) < 4.78 is 28.7. The summed E-state index contributed by atoms with van der Waals surface area (Å²) in [6, 6.07) is 11.7. The molecular weight excluding hydrogens is 332 g/mol. The van der Waals surface area contributed by atoms with Crippen molar-refractivity contribution in [1.29, 1.82) is 0 Å². The molecule has 2 aromatic carbocycles. The van der Waals surface area contributed by atoms with E-state index < -0.39 is 10.0 Å². The van der Waals surface area contributed by atoms with E-state index in [0.29, 0.717) is 4.90 Å². The lowest BCUT2D eigenvalue weighted by molar-refractivity contribution is 0.580. The second-order valence-electron chi connectivity index (χ2n) is 6.41. The molecule has 0 radical (unpaired) electrons. The molecule has 130 valence electrons. The summed E-state index contributed by atoms with van der Waals surface area (Å²) in [5.41, 5.74) is 5.24. The lowest BCUT2D eigenvalue weighted by atomic mass is 10.0. The highest BCUT2D eigenvalue weighted by molar-refractivity contribution is 7.89. The van der Waals surface area contributed by atoms with E-state index in [1.807, 2.05) is 64.1 Å². The van der Waals surface area contributed by atoms with Crippen LogP contribution in [0.2, 0.25) is 0 Å². The van der Waals surface area contributed by atoms with Gasteiger partial charge in [-0.25, -0.2) is 13.1 Å². The number of aromatic nitrogens is 1. The zero-order chi connectivity index (χ0) is 18.2. The van der Waals surface area contributed by atoms with Gasteiger partial charge < -0.3 is 0 Å². The average Bonchev–Trinajstić information content (AvgIpc) is 2.58. The maximum absolute atomic E-state index is 13.0. The summed E-state index contributed by atoms with van der Waals surface area (Å²) in [6.07, 6.45) is 1.72. The van der Waals surface area contributed by atoms with Crippen LogP contribution in [0.1, 0.15) is 27.8 Å². The first-order valence-electron chi connectivity index (χ1n) is 8.21. The smallest absolute Gasteiger partial charge is 0.241 e. The number of pyridine rings is 1. The van der Waals surface area contributed by atoms with Crippen molar-refractivity contribution in [2.24, 2.45) is 0 Å². The van der Waals surface area contributed by atoms with Crippen LogP contribution in [-0.2, 0) is 16.6 Å². The molecule has 0 atom stereocenters. The summed E-state index contributed by atoms with van der Waals surface area (Å²) in [7, 11) is -3.61. The number of nitrogens with one attached hydrogen (secondary N) is 1. The first-order chi connectivity index (χ1) is 11.8. The lowest BCUT2D eigenvalue weighted by Crippen LogP contribution is -2.25. The largest absolute Gasteiger partial charge is 0.256 e. The van der Waals surface area contributed by atoms with E-state index in [-0.39, 0.29) is 6.54 Å². The van der Waals surface area contributed by atoms with Crippen molar-refractivity contribution >= 4 is 20.9 Å². The van der Waals surface area contributed by atoms with Crippen LogP contribution in [0.4, 0.5) is 0 Å². The molecule has 0 aliphatic carbocycles. The average molecular weight is 354 g/mol. The zero-order valence-corrected chi connectivity index (χ0v) is 15.7. The maximum atomic E-state index is 13.0. The SMILES string of the molecule is Cc1cc(C)c(C)c(S(=O)(=O)NCc2cccc3cccnc23)c1C. The standard InChI is InChI=1S/C20H22N2O2S/c1-13-11-14(2)16(4)20(15(13)3)25(23,24)22-12-18-8-5-7-17-9-6-10-21-19(17)18/h5-11,22H,12H2,1-4H3. The highest BCUT2D eigenvalue weighted by Gasteiger charge is 2.22. The Morgan fingerprint density at radius 2 is 1.60 bits per heavy atom. The molecule has 0 amide bonds. The molecule has 0 saturated heterocycles. The second-order valence-corrected chi connectivity index (χ2v) is 8.11. The van der Waals surface area contributed by atoms with Crippen molar-refractivity contribution in [3.63, 3.8) is 0 Å². The van der Waals surface area contributed by atoms with E-state index in [1.165, 1.54) is 0 Å². The number of aryl methyl sites for hydroxylation is 2. The molecule has 0 fully saturated rings. The van der Waals surface area contributed by atoms with Gasteiger partial charge in [-0.3, -0.25) is 4.98 Å². The number of para-hydroxylation sites is 1. The number of hydrogen-bond donors (Lipinski definition) is 1. The van der Waals surface area contributed by atoms with Gasteiger partial charge in [-0.1, -0.05) is 30.3 Å². The molecule has 25 heavy (non-hydrogen) atoms. The molecule has 0 unspecified atom stereocenters. The first-order valence-corrected chi connectivity index (χ1v) is 9.69. The fourth-order valence-corrected chi connectivity index (χ4v) is 4.76. The molecule has 3 aromatic rings.